The van der Waals surface area contributed by atoms with Gasteiger partial charge in [0.25, 0.3) is 0 Å². The van der Waals surface area contributed by atoms with Crippen molar-refractivity contribution in [3.05, 3.63) is 34.3 Å². The van der Waals surface area contributed by atoms with Crippen molar-refractivity contribution in [2.45, 2.75) is 18.4 Å². The number of carboxylic acid groups (broad SMARTS) is 1. The Kier molecular flexibility index (Phi) is 2.01. The molecule has 3 nitrogen and oxygen atoms in total. The first kappa shape index (κ1) is 9.49. The van der Waals surface area contributed by atoms with Gasteiger partial charge >= 0.3 is 5.97 Å². The van der Waals surface area contributed by atoms with Gasteiger partial charge in [-0.15, -0.1) is 0 Å². The molecule has 4 heteroatoms. The van der Waals surface area contributed by atoms with Crippen LogP contribution in [-0.4, -0.2) is 11.1 Å². The normalized spacial score (nSPS) is 17.9. The molecule has 1 aliphatic carbocycles. The second kappa shape index (κ2) is 2.97. The number of hydrogen-bond donors (Lipinski definition) is 2. The summed E-state index contributed by atoms with van der Waals surface area (Å²) in [6, 6.07) is 4.70. The third-order valence-corrected chi connectivity index (χ3v) is 2.85. The Hall–Kier alpha value is -1.06. The van der Waals surface area contributed by atoms with Crippen molar-refractivity contribution < 1.29 is 9.90 Å². The molecule has 0 saturated heterocycles. The van der Waals surface area contributed by atoms with E-state index < -0.39 is 5.97 Å². The van der Waals surface area contributed by atoms with Gasteiger partial charge in [0.1, 0.15) is 0 Å². The summed E-state index contributed by atoms with van der Waals surface area (Å²) in [6.07, 6.45) is 1.83. The predicted molar refractivity (Wildman–Crippen MR) is 53.5 cm³/mol. The molecule has 1 aromatic rings. The smallest absolute Gasteiger partial charge is 0.335 e. The number of carbonyl (C=O) groups is 1. The average molecular weight is 212 g/mol. The van der Waals surface area contributed by atoms with Gasteiger partial charge in [-0.25, -0.2) is 4.79 Å². The molecule has 2 rings (SSSR count). The lowest BCUT2D eigenvalue weighted by molar-refractivity contribution is 0.0697. The largest absolute Gasteiger partial charge is 0.478 e. The van der Waals surface area contributed by atoms with Crippen LogP contribution in [0.25, 0.3) is 0 Å². The number of hydrogen-bond acceptors (Lipinski definition) is 2. The van der Waals surface area contributed by atoms with Gasteiger partial charge in [0.05, 0.1) is 5.56 Å². The maximum Gasteiger partial charge on any atom is 0.335 e. The molecule has 0 atom stereocenters. The van der Waals surface area contributed by atoms with E-state index in [0.717, 1.165) is 18.4 Å². The third kappa shape index (κ3) is 1.49. The lowest BCUT2D eigenvalue weighted by atomic mass is 10.0. The van der Waals surface area contributed by atoms with Crippen LogP contribution < -0.4 is 5.73 Å². The second-order valence-electron chi connectivity index (χ2n) is 3.66. The maximum atomic E-state index is 10.6. The van der Waals surface area contributed by atoms with Gasteiger partial charge in [0.15, 0.2) is 0 Å². The standard InChI is InChI=1S/C10H10ClNO2/c11-8-5-6(9(13)14)1-2-7(8)10(12)3-4-10/h1-2,5H,3-4,12H2,(H,13,14). The first-order valence-corrected chi connectivity index (χ1v) is 4.73. The minimum Gasteiger partial charge on any atom is -0.478 e. The molecule has 0 aliphatic heterocycles. The van der Waals surface area contributed by atoms with E-state index >= 15 is 0 Å². The van der Waals surface area contributed by atoms with Crippen molar-refractivity contribution in [3.63, 3.8) is 0 Å². The lowest BCUT2D eigenvalue weighted by Gasteiger charge is -2.11. The highest BCUT2D eigenvalue weighted by Crippen LogP contribution is 2.45. The van der Waals surface area contributed by atoms with Gasteiger partial charge in [-0.3, -0.25) is 0 Å². The first-order valence-electron chi connectivity index (χ1n) is 4.35. The SMILES string of the molecule is NC1(c2ccc(C(=O)O)cc2Cl)CC1. The number of nitrogens with two attached hydrogens (primary N) is 1. The van der Waals surface area contributed by atoms with Gasteiger partial charge in [-0.1, -0.05) is 17.7 Å². The van der Waals surface area contributed by atoms with E-state index in [1.54, 1.807) is 6.07 Å². The minimum atomic E-state index is -0.972. The predicted octanol–water partition coefficient (Wildman–Crippen LogP) is 1.99. The summed E-state index contributed by atoms with van der Waals surface area (Å²) in [5.74, 6) is -0.972. The molecule has 0 spiro atoms. The third-order valence-electron chi connectivity index (χ3n) is 2.54. The fourth-order valence-corrected chi connectivity index (χ4v) is 1.82. The molecule has 0 heterocycles. The van der Waals surface area contributed by atoms with Gasteiger partial charge in [0.2, 0.25) is 0 Å². The molecule has 0 unspecified atom stereocenters. The van der Waals surface area contributed by atoms with Crippen LogP contribution >= 0.6 is 11.6 Å². The van der Waals surface area contributed by atoms with Gasteiger partial charge in [-0.2, -0.15) is 0 Å². The molecule has 1 saturated carbocycles. The van der Waals surface area contributed by atoms with Crippen molar-refractivity contribution in [3.8, 4) is 0 Å². The van der Waals surface area contributed by atoms with Crippen LogP contribution in [0.2, 0.25) is 5.02 Å². The van der Waals surface area contributed by atoms with Crippen LogP contribution in [-0.2, 0) is 5.54 Å². The molecule has 3 N–H and O–H groups in total. The van der Waals surface area contributed by atoms with Gasteiger partial charge in [-0.05, 0) is 30.5 Å². The van der Waals surface area contributed by atoms with E-state index in [-0.39, 0.29) is 11.1 Å². The van der Waals surface area contributed by atoms with Crippen LogP contribution in [0, 0.1) is 0 Å². The molecular weight excluding hydrogens is 202 g/mol. The van der Waals surface area contributed by atoms with Crippen molar-refractivity contribution in [1.29, 1.82) is 0 Å². The summed E-state index contributed by atoms with van der Waals surface area (Å²) >= 11 is 5.95. The molecule has 1 fully saturated rings. The number of rotatable bonds is 2. The molecular formula is C10H10ClNO2. The van der Waals surface area contributed by atoms with Crippen molar-refractivity contribution in [2.24, 2.45) is 5.73 Å². The molecule has 74 valence electrons. The maximum absolute atomic E-state index is 10.6. The number of benzene rings is 1. The molecule has 0 radical (unpaired) electrons. The molecule has 0 bridgehead atoms. The van der Waals surface area contributed by atoms with Crippen LogP contribution in [0.3, 0.4) is 0 Å². The van der Waals surface area contributed by atoms with Gasteiger partial charge in [0, 0.05) is 10.6 Å². The summed E-state index contributed by atoms with van der Waals surface area (Å²) in [6.45, 7) is 0. The Morgan fingerprint density at radius 3 is 2.57 bits per heavy atom. The van der Waals surface area contributed by atoms with Crippen molar-refractivity contribution >= 4 is 17.6 Å². The summed E-state index contributed by atoms with van der Waals surface area (Å²) < 4.78 is 0. The number of carboxylic acids is 1. The van der Waals surface area contributed by atoms with E-state index in [1.807, 2.05) is 0 Å². The van der Waals surface area contributed by atoms with E-state index in [4.69, 9.17) is 22.4 Å². The quantitative estimate of drug-likeness (QED) is 0.787. The van der Waals surface area contributed by atoms with Crippen LogP contribution in [0.15, 0.2) is 18.2 Å². The molecule has 0 aromatic heterocycles. The van der Waals surface area contributed by atoms with E-state index in [9.17, 15) is 4.79 Å². The Bertz CT molecular complexity index is 399. The topological polar surface area (TPSA) is 63.3 Å². The van der Waals surface area contributed by atoms with Crippen LogP contribution in [0.1, 0.15) is 28.8 Å². The van der Waals surface area contributed by atoms with Gasteiger partial charge < -0.3 is 10.8 Å². The summed E-state index contributed by atoms with van der Waals surface area (Å²) in [5, 5.41) is 9.18. The first-order chi connectivity index (χ1) is 6.53. The van der Waals surface area contributed by atoms with Crippen LogP contribution in [0.4, 0.5) is 0 Å². The highest BCUT2D eigenvalue weighted by Gasteiger charge is 2.41. The molecule has 14 heavy (non-hydrogen) atoms. The fraction of sp³-hybridized carbons (Fsp3) is 0.300. The molecule has 0 amide bonds. The fourth-order valence-electron chi connectivity index (χ4n) is 1.46. The number of aromatic carboxylic acids is 1. The zero-order chi connectivity index (χ0) is 10.3. The highest BCUT2D eigenvalue weighted by molar-refractivity contribution is 6.31. The summed E-state index contributed by atoms with van der Waals surface area (Å²) in [7, 11) is 0. The van der Waals surface area contributed by atoms with Crippen molar-refractivity contribution in [1.82, 2.24) is 0 Å². The zero-order valence-corrected chi connectivity index (χ0v) is 8.21. The monoisotopic (exact) mass is 211 g/mol. The van der Waals surface area contributed by atoms with E-state index in [2.05, 4.69) is 0 Å². The van der Waals surface area contributed by atoms with E-state index in [0.29, 0.717) is 5.02 Å². The average Bonchev–Trinajstić information content (AvgIpc) is 2.84. The number of halogens is 1. The van der Waals surface area contributed by atoms with Crippen LogP contribution in [0.5, 0.6) is 0 Å². The Morgan fingerprint density at radius 2 is 2.14 bits per heavy atom. The molecule has 1 aromatic carbocycles. The zero-order valence-electron chi connectivity index (χ0n) is 7.46. The molecule has 1 aliphatic rings. The second-order valence-corrected chi connectivity index (χ2v) is 4.06. The Labute approximate surface area is 86.5 Å². The van der Waals surface area contributed by atoms with Crippen molar-refractivity contribution in [2.75, 3.05) is 0 Å². The summed E-state index contributed by atoms with van der Waals surface area (Å²) in [5.41, 5.74) is 6.70. The lowest BCUT2D eigenvalue weighted by Crippen LogP contribution is -2.19. The van der Waals surface area contributed by atoms with E-state index in [1.165, 1.54) is 12.1 Å². The Balaban J connectivity index is 2.41. The minimum absolute atomic E-state index is 0.197. The summed E-state index contributed by atoms with van der Waals surface area (Å²) in [4.78, 5) is 10.6. The Morgan fingerprint density at radius 1 is 1.50 bits per heavy atom. The highest BCUT2D eigenvalue weighted by atomic mass is 35.5.